The largest absolute Gasteiger partial charge is 0.310 e. The summed E-state index contributed by atoms with van der Waals surface area (Å²) in [5.41, 5.74) is 0.738. The Labute approximate surface area is 108 Å². The molecule has 1 aliphatic carbocycles. The molecule has 2 rings (SSSR count). The van der Waals surface area contributed by atoms with Gasteiger partial charge in [-0.1, -0.05) is 33.1 Å². The Kier molecular flexibility index (Phi) is 4.53. The maximum atomic E-state index is 12.0. The van der Waals surface area contributed by atoms with Crippen LogP contribution in [0.3, 0.4) is 0 Å². The Bertz CT molecular complexity index is 433. The zero-order chi connectivity index (χ0) is 13.0. The van der Waals surface area contributed by atoms with Gasteiger partial charge in [-0.05, 0) is 12.8 Å². The van der Waals surface area contributed by atoms with Crippen LogP contribution in [-0.2, 0) is 6.54 Å². The third-order valence-electron chi connectivity index (χ3n) is 3.59. The van der Waals surface area contributed by atoms with Gasteiger partial charge in [0.25, 0.3) is 5.56 Å². The molecule has 0 atom stereocenters. The van der Waals surface area contributed by atoms with Crippen molar-refractivity contribution < 1.29 is 0 Å². The normalized spacial score (nSPS) is 17.3. The second-order valence-corrected chi connectivity index (χ2v) is 5.49. The zero-order valence-electron chi connectivity index (χ0n) is 11.3. The van der Waals surface area contributed by atoms with Crippen LogP contribution in [0.5, 0.6) is 0 Å². The fourth-order valence-corrected chi connectivity index (χ4v) is 2.46. The second-order valence-electron chi connectivity index (χ2n) is 5.49. The van der Waals surface area contributed by atoms with Crippen LogP contribution in [0.1, 0.15) is 63.3 Å². The molecule has 0 radical (unpaired) electrons. The van der Waals surface area contributed by atoms with Crippen molar-refractivity contribution in [1.29, 1.82) is 0 Å². The SMILES string of the molecule is CC(C)NCc1cnc(C2CCCCC2)[nH]c1=O. The van der Waals surface area contributed by atoms with Gasteiger partial charge < -0.3 is 10.3 Å². The molecule has 0 aromatic carbocycles. The number of aromatic nitrogens is 2. The minimum Gasteiger partial charge on any atom is -0.310 e. The quantitative estimate of drug-likeness (QED) is 0.861. The number of rotatable bonds is 4. The van der Waals surface area contributed by atoms with Crippen LogP contribution >= 0.6 is 0 Å². The lowest BCUT2D eigenvalue weighted by atomic mass is 9.89. The van der Waals surface area contributed by atoms with Gasteiger partial charge in [-0.15, -0.1) is 0 Å². The number of aromatic amines is 1. The maximum Gasteiger partial charge on any atom is 0.255 e. The van der Waals surface area contributed by atoms with Crippen LogP contribution in [-0.4, -0.2) is 16.0 Å². The molecule has 0 spiro atoms. The summed E-state index contributed by atoms with van der Waals surface area (Å²) in [6, 6.07) is 0.377. The van der Waals surface area contributed by atoms with E-state index in [4.69, 9.17) is 0 Å². The number of nitrogens with one attached hydrogen (secondary N) is 2. The van der Waals surface area contributed by atoms with Crippen LogP contribution < -0.4 is 10.9 Å². The first-order chi connectivity index (χ1) is 8.66. The van der Waals surface area contributed by atoms with Gasteiger partial charge in [0, 0.05) is 30.3 Å². The summed E-state index contributed by atoms with van der Waals surface area (Å²) < 4.78 is 0. The van der Waals surface area contributed by atoms with Gasteiger partial charge in [-0.25, -0.2) is 4.98 Å². The van der Waals surface area contributed by atoms with Gasteiger partial charge >= 0.3 is 0 Å². The van der Waals surface area contributed by atoms with E-state index in [2.05, 4.69) is 29.1 Å². The summed E-state index contributed by atoms with van der Waals surface area (Å²) in [5.74, 6) is 1.34. The van der Waals surface area contributed by atoms with Crippen LogP contribution in [0.25, 0.3) is 0 Å². The maximum absolute atomic E-state index is 12.0. The van der Waals surface area contributed by atoms with Gasteiger partial charge in [0.1, 0.15) is 5.82 Å². The summed E-state index contributed by atoms with van der Waals surface area (Å²) in [6.07, 6.45) is 7.88. The monoisotopic (exact) mass is 249 g/mol. The van der Waals surface area contributed by atoms with Crippen LogP contribution in [0.2, 0.25) is 0 Å². The summed E-state index contributed by atoms with van der Waals surface area (Å²) in [5, 5.41) is 3.24. The minimum absolute atomic E-state index is 0.0127. The molecule has 0 saturated heterocycles. The molecule has 100 valence electrons. The highest BCUT2D eigenvalue weighted by Crippen LogP contribution is 2.29. The van der Waals surface area contributed by atoms with E-state index in [1.807, 2.05) is 0 Å². The van der Waals surface area contributed by atoms with Crippen molar-refractivity contribution in [2.45, 2.75) is 64.5 Å². The van der Waals surface area contributed by atoms with Crippen LogP contribution in [0.15, 0.2) is 11.0 Å². The Morgan fingerprint density at radius 3 is 2.72 bits per heavy atom. The van der Waals surface area contributed by atoms with E-state index in [1.165, 1.54) is 19.3 Å². The number of hydrogen-bond donors (Lipinski definition) is 2. The number of H-pyrrole nitrogens is 1. The fourth-order valence-electron chi connectivity index (χ4n) is 2.46. The molecule has 0 aliphatic heterocycles. The first-order valence-electron chi connectivity index (χ1n) is 6.98. The summed E-state index contributed by atoms with van der Waals surface area (Å²) in [4.78, 5) is 19.4. The van der Waals surface area contributed by atoms with E-state index < -0.39 is 0 Å². The Morgan fingerprint density at radius 2 is 2.11 bits per heavy atom. The van der Waals surface area contributed by atoms with Crippen LogP contribution in [0, 0.1) is 0 Å². The number of nitrogens with zero attached hydrogens (tertiary/aromatic N) is 1. The van der Waals surface area contributed by atoms with Crippen LogP contribution in [0.4, 0.5) is 0 Å². The molecule has 0 bridgehead atoms. The molecule has 0 unspecified atom stereocenters. The van der Waals surface area contributed by atoms with E-state index in [0.29, 0.717) is 18.5 Å². The highest BCUT2D eigenvalue weighted by atomic mass is 16.1. The summed E-state index contributed by atoms with van der Waals surface area (Å²) in [7, 11) is 0. The molecule has 18 heavy (non-hydrogen) atoms. The van der Waals surface area contributed by atoms with Crippen molar-refractivity contribution in [3.63, 3.8) is 0 Å². The van der Waals surface area contributed by atoms with E-state index in [9.17, 15) is 4.79 Å². The standard InChI is InChI=1S/C14H23N3O/c1-10(2)15-8-12-9-16-13(17-14(12)18)11-6-4-3-5-7-11/h9-11,15H,3-8H2,1-2H3,(H,16,17,18). The first kappa shape index (κ1) is 13.3. The molecular formula is C14H23N3O. The van der Waals surface area contributed by atoms with E-state index in [1.54, 1.807) is 6.20 Å². The molecule has 1 heterocycles. The van der Waals surface area contributed by atoms with Gasteiger partial charge in [0.05, 0.1) is 0 Å². The lowest BCUT2D eigenvalue weighted by molar-refractivity contribution is 0.427. The van der Waals surface area contributed by atoms with E-state index in [-0.39, 0.29) is 5.56 Å². The Hall–Kier alpha value is -1.16. The van der Waals surface area contributed by atoms with Gasteiger partial charge in [-0.2, -0.15) is 0 Å². The van der Waals surface area contributed by atoms with Crippen molar-refractivity contribution in [3.8, 4) is 0 Å². The molecule has 1 aromatic rings. The van der Waals surface area contributed by atoms with Crippen molar-refractivity contribution in [2.75, 3.05) is 0 Å². The smallest absolute Gasteiger partial charge is 0.255 e. The fraction of sp³-hybridized carbons (Fsp3) is 0.714. The highest BCUT2D eigenvalue weighted by Gasteiger charge is 2.18. The van der Waals surface area contributed by atoms with Gasteiger partial charge in [0.15, 0.2) is 0 Å². The molecule has 1 aromatic heterocycles. The predicted octanol–water partition coefficient (Wildman–Crippen LogP) is 2.32. The van der Waals surface area contributed by atoms with E-state index >= 15 is 0 Å². The molecule has 0 amide bonds. The number of hydrogen-bond acceptors (Lipinski definition) is 3. The summed E-state index contributed by atoms with van der Waals surface area (Å²) >= 11 is 0. The van der Waals surface area contributed by atoms with Gasteiger partial charge in [-0.3, -0.25) is 4.79 Å². The molecule has 4 nitrogen and oxygen atoms in total. The highest BCUT2D eigenvalue weighted by molar-refractivity contribution is 5.08. The average Bonchev–Trinajstić information content (AvgIpc) is 2.38. The van der Waals surface area contributed by atoms with Gasteiger partial charge in [0.2, 0.25) is 0 Å². The molecule has 1 aliphatic rings. The molecular weight excluding hydrogens is 226 g/mol. The molecule has 1 saturated carbocycles. The van der Waals surface area contributed by atoms with Crippen molar-refractivity contribution in [1.82, 2.24) is 15.3 Å². The topological polar surface area (TPSA) is 57.8 Å². The first-order valence-corrected chi connectivity index (χ1v) is 6.98. The lowest BCUT2D eigenvalue weighted by Crippen LogP contribution is -2.27. The third kappa shape index (κ3) is 3.42. The molecule has 4 heteroatoms. The molecule has 1 fully saturated rings. The minimum atomic E-state index is 0.0127. The zero-order valence-corrected chi connectivity index (χ0v) is 11.3. The van der Waals surface area contributed by atoms with E-state index in [0.717, 1.165) is 24.2 Å². The Morgan fingerprint density at radius 1 is 1.39 bits per heavy atom. The average molecular weight is 249 g/mol. The van der Waals surface area contributed by atoms with Crippen molar-refractivity contribution in [3.05, 3.63) is 27.9 Å². The predicted molar refractivity (Wildman–Crippen MR) is 72.7 cm³/mol. The third-order valence-corrected chi connectivity index (χ3v) is 3.59. The van der Waals surface area contributed by atoms with Crippen molar-refractivity contribution >= 4 is 0 Å². The second kappa shape index (κ2) is 6.14. The summed E-state index contributed by atoms with van der Waals surface area (Å²) in [6.45, 7) is 4.72. The lowest BCUT2D eigenvalue weighted by Gasteiger charge is -2.20. The molecule has 2 N–H and O–H groups in total. The van der Waals surface area contributed by atoms with Crippen molar-refractivity contribution in [2.24, 2.45) is 0 Å². The Balaban J connectivity index is 2.06.